The Morgan fingerprint density at radius 3 is 1.67 bits per heavy atom. The SMILES string of the molecule is O[C@H]1C[C@@H]([C@H]2CO2)O[C@H]1COC(c1ccccc1)(c1ccccc1)c1ccccc1. The first-order valence-electron chi connectivity index (χ1n) is 10.5. The van der Waals surface area contributed by atoms with Crippen molar-refractivity contribution in [2.45, 2.75) is 36.4 Å². The molecule has 0 spiro atoms. The number of hydrogen-bond acceptors (Lipinski definition) is 4. The van der Waals surface area contributed by atoms with E-state index < -0.39 is 11.7 Å². The van der Waals surface area contributed by atoms with Gasteiger partial charge in [0, 0.05) is 6.42 Å². The van der Waals surface area contributed by atoms with Crippen LogP contribution in [0.25, 0.3) is 0 Å². The summed E-state index contributed by atoms with van der Waals surface area (Å²) >= 11 is 0. The highest BCUT2D eigenvalue weighted by Crippen LogP contribution is 2.41. The fourth-order valence-electron chi connectivity index (χ4n) is 4.40. The monoisotopic (exact) mass is 402 g/mol. The van der Waals surface area contributed by atoms with Crippen molar-refractivity contribution in [3.8, 4) is 0 Å². The molecule has 4 nitrogen and oxygen atoms in total. The molecule has 2 heterocycles. The molecule has 0 aliphatic carbocycles. The third-order valence-electron chi connectivity index (χ3n) is 6.03. The quantitative estimate of drug-likeness (QED) is 0.481. The van der Waals surface area contributed by atoms with E-state index in [1.54, 1.807) is 0 Å². The molecular weight excluding hydrogens is 376 g/mol. The minimum atomic E-state index is -0.805. The molecule has 5 rings (SSSR count). The van der Waals surface area contributed by atoms with E-state index in [2.05, 4.69) is 36.4 Å². The molecule has 3 aromatic rings. The Kier molecular flexibility index (Phi) is 5.40. The van der Waals surface area contributed by atoms with Crippen LogP contribution in [0.2, 0.25) is 0 Å². The van der Waals surface area contributed by atoms with E-state index >= 15 is 0 Å². The number of benzene rings is 3. The molecule has 0 aromatic heterocycles. The summed E-state index contributed by atoms with van der Waals surface area (Å²) in [4.78, 5) is 0. The van der Waals surface area contributed by atoms with Gasteiger partial charge in [-0.25, -0.2) is 0 Å². The lowest BCUT2D eigenvalue weighted by atomic mass is 9.80. The molecule has 2 aliphatic heterocycles. The van der Waals surface area contributed by atoms with Crippen LogP contribution in [0.15, 0.2) is 91.0 Å². The zero-order chi connectivity index (χ0) is 20.4. The van der Waals surface area contributed by atoms with Crippen LogP contribution in [0.5, 0.6) is 0 Å². The first-order valence-corrected chi connectivity index (χ1v) is 10.5. The molecule has 3 aromatic carbocycles. The highest BCUT2D eigenvalue weighted by atomic mass is 16.6. The van der Waals surface area contributed by atoms with E-state index in [0.29, 0.717) is 13.0 Å². The van der Waals surface area contributed by atoms with Crippen molar-refractivity contribution in [3.05, 3.63) is 108 Å². The number of aliphatic hydroxyl groups excluding tert-OH is 1. The Balaban J connectivity index is 1.54. The Labute approximate surface area is 177 Å². The smallest absolute Gasteiger partial charge is 0.143 e. The predicted molar refractivity (Wildman–Crippen MR) is 114 cm³/mol. The summed E-state index contributed by atoms with van der Waals surface area (Å²) in [6, 6.07) is 30.7. The third-order valence-corrected chi connectivity index (χ3v) is 6.03. The summed E-state index contributed by atoms with van der Waals surface area (Å²) < 4.78 is 18.2. The minimum absolute atomic E-state index is 0.0480. The van der Waals surface area contributed by atoms with Gasteiger partial charge in [0.25, 0.3) is 0 Å². The molecule has 0 saturated carbocycles. The van der Waals surface area contributed by atoms with Gasteiger partial charge in [-0.3, -0.25) is 0 Å². The molecule has 154 valence electrons. The Hall–Kier alpha value is -2.50. The van der Waals surface area contributed by atoms with Crippen molar-refractivity contribution in [2.75, 3.05) is 13.2 Å². The molecule has 4 heteroatoms. The van der Waals surface area contributed by atoms with Gasteiger partial charge >= 0.3 is 0 Å². The van der Waals surface area contributed by atoms with Crippen molar-refractivity contribution in [2.24, 2.45) is 0 Å². The first kappa shape index (κ1) is 19.5. The number of rotatable bonds is 7. The van der Waals surface area contributed by atoms with Crippen molar-refractivity contribution in [1.29, 1.82) is 0 Å². The zero-order valence-electron chi connectivity index (χ0n) is 16.8. The van der Waals surface area contributed by atoms with Crippen molar-refractivity contribution < 1.29 is 19.3 Å². The average molecular weight is 402 g/mol. The summed E-state index contributed by atoms with van der Waals surface area (Å²) in [6.07, 6.45) is -0.276. The summed E-state index contributed by atoms with van der Waals surface area (Å²) in [5.41, 5.74) is 2.31. The molecule has 2 aliphatic rings. The number of aliphatic hydroxyl groups is 1. The van der Waals surface area contributed by atoms with Gasteiger partial charge in [0.15, 0.2) is 0 Å². The molecule has 0 radical (unpaired) electrons. The maximum absolute atomic E-state index is 10.6. The van der Waals surface area contributed by atoms with Gasteiger partial charge in [0.2, 0.25) is 0 Å². The van der Waals surface area contributed by atoms with Crippen LogP contribution in [0.3, 0.4) is 0 Å². The highest BCUT2D eigenvalue weighted by molar-refractivity contribution is 5.47. The van der Waals surface area contributed by atoms with Gasteiger partial charge in [0.05, 0.1) is 25.4 Å². The van der Waals surface area contributed by atoms with Gasteiger partial charge in [-0.15, -0.1) is 0 Å². The third kappa shape index (κ3) is 3.68. The molecule has 2 saturated heterocycles. The predicted octanol–water partition coefficient (Wildman–Crippen LogP) is 3.91. The van der Waals surface area contributed by atoms with Crippen molar-refractivity contribution in [3.63, 3.8) is 0 Å². The Morgan fingerprint density at radius 2 is 1.23 bits per heavy atom. The molecule has 0 unspecified atom stereocenters. The average Bonchev–Trinajstić information content (AvgIpc) is 3.59. The zero-order valence-corrected chi connectivity index (χ0v) is 16.8. The van der Waals surface area contributed by atoms with E-state index in [1.807, 2.05) is 54.6 Å². The fourth-order valence-corrected chi connectivity index (χ4v) is 4.40. The number of hydrogen-bond donors (Lipinski definition) is 1. The van der Waals surface area contributed by atoms with Gasteiger partial charge < -0.3 is 19.3 Å². The maximum Gasteiger partial charge on any atom is 0.143 e. The van der Waals surface area contributed by atoms with Crippen LogP contribution in [-0.2, 0) is 19.8 Å². The fraction of sp³-hybridized carbons (Fsp3) is 0.308. The molecule has 2 fully saturated rings. The summed E-state index contributed by atoms with van der Waals surface area (Å²) in [6.45, 7) is 0.996. The van der Waals surface area contributed by atoms with Gasteiger partial charge in [-0.2, -0.15) is 0 Å². The first-order chi connectivity index (χ1) is 14.8. The topological polar surface area (TPSA) is 51.2 Å². The van der Waals surface area contributed by atoms with Crippen LogP contribution in [0, 0.1) is 0 Å². The molecule has 30 heavy (non-hydrogen) atoms. The summed E-state index contributed by atoms with van der Waals surface area (Å²) in [5.74, 6) is 0. The van der Waals surface area contributed by atoms with Crippen LogP contribution in [0.4, 0.5) is 0 Å². The molecule has 4 atom stereocenters. The van der Waals surface area contributed by atoms with E-state index in [9.17, 15) is 5.11 Å². The molecular formula is C26H26O4. The normalized spacial score (nSPS) is 25.9. The van der Waals surface area contributed by atoms with Crippen LogP contribution in [-0.4, -0.2) is 42.7 Å². The molecule has 0 amide bonds. The van der Waals surface area contributed by atoms with Crippen LogP contribution >= 0.6 is 0 Å². The summed E-state index contributed by atoms with van der Waals surface area (Å²) in [7, 11) is 0. The lowest BCUT2D eigenvalue weighted by molar-refractivity contribution is -0.0848. The molecule has 1 N–H and O–H groups in total. The second-order valence-electron chi connectivity index (χ2n) is 7.98. The van der Waals surface area contributed by atoms with Gasteiger partial charge in [-0.05, 0) is 16.7 Å². The molecule has 0 bridgehead atoms. The highest BCUT2D eigenvalue weighted by Gasteiger charge is 2.45. The summed E-state index contributed by atoms with van der Waals surface area (Å²) in [5, 5.41) is 10.6. The van der Waals surface area contributed by atoms with E-state index in [4.69, 9.17) is 14.2 Å². The van der Waals surface area contributed by atoms with E-state index in [-0.39, 0.29) is 24.9 Å². The minimum Gasteiger partial charge on any atom is -0.390 e. The largest absolute Gasteiger partial charge is 0.390 e. The lowest BCUT2D eigenvalue weighted by Gasteiger charge is -2.37. The van der Waals surface area contributed by atoms with Gasteiger partial charge in [0.1, 0.15) is 17.8 Å². The van der Waals surface area contributed by atoms with Crippen molar-refractivity contribution in [1.82, 2.24) is 0 Å². The maximum atomic E-state index is 10.6. The Morgan fingerprint density at radius 1 is 0.767 bits per heavy atom. The lowest BCUT2D eigenvalue weighted by Crippen LogP contribution is -2.38. The van der Waals surface area contributed by atoms with Gasteiger partial charge in [-0.1, -0.05) is 91.0 Å². The van der Waals surface area contributed by atoms with Crippen LogP contribution in [0.1, 0.15) is 23.1 Å². The number of epoxide rings is 1. The second kappa shape index (κ2) is 8.32. The number of ether oxygens (including phenoxy) is 3. The Bertz CT molecular complexity index is 844. The van der Waals surface area contributed by atoms with Crippen LogP contribution < -0.4 is 0 Å². The second-order valence-corrected chi connectivity index (χ2v) is 7.98. The van der Waals surface area contributed by atoms with Crippen molar-refractivity contribution >= 4 is 0 Å². The van der Waals surface area contributed by atoms with E-state index in [0.717, 1.165) is 16.7 Å². The van der Waals surface area contributed by atoms with E-state index in [1.165, 1.54) is 0 Å². The standard InChI is InChI=1S/C26H26O4/c27-22-16-23(25-17-28-25)30-24(22)18-29-26(19-10-4-1-5-11-19,20-12-6-2-7-13-20)21-14-8-3-9-15-21/h1-15,22-25,27H,16-18H2/t22-,23-,24-,25+/m0/s1.